The molecule has 0 unspecified atom stereocenters. The molecule has 0 saturated heterocycles. The van der Waals surface area contributed by atoms with Gasteiger partial charge in [0.05, 0.1) is 0 Å². The maximum atomic E-state index is 11.3. The van der Waals surface area contributed by atoms with Crippen LogP contribution in [0.1, 0.15) is 41.0 Å². The van der Waals surface area contributed by atoms with Crippen LogP contribution in [0.2, 0.25) is 0 Å². The molecule has 106 valence electrons. The van der Waals surface area contributed by atoms with Crippen LogP contribution >= 0.6 is 0 Å². The summed E-state index contributed by atoms with van der Waals surface area (Å²) in [4.78, 5) is 15.4. The third-order valence-electron chi connectivity index (χ3n) is 1.72. The summed E-state index contributed by atoms with van der Waals surface area (Å²) in [5.74, 6) is 0.433. The van der Waals surface area contributed by atoms with Crippen LogP contribution in [0.4, 0.5) is 4.79 Å². The molecule has 0 aliphatic carbocycles. The quantitative estimate of drug-likeness (QED) is 0.393. The Balaban J connectivity index is 3.65. The van der Waals surface area contributed by atoms with E-state index >= 15 is 0 Å². The van der Waals surface area contributed by atoms with E-state index in [1.54, 1.807) is 0 Å². The average molecular weight is 258 g/mol. The van der Waals surface area contributed by atoms with Crippen LogP contribution < -0.4 is 16.4 Å². The second kappa shape index (κ2) is 7.79. The van der Waals surface area contributed by atoms with Crippen molar-refractivity contribution in [2.45, 2.75) is 52.7 Å². The van der Waals surface area contributed by atoms with Gasteiger partial charge in [-0.05, 0) is 41.0 Å². The zero-order chi connectivity index (χ0) is 14.2. The lowest BCUT2D eigenvalue weighted by Gasteiger charge is -2.19. The maximum Gasteiger partial charge on any atom is 0.407 e. The van der Waals surface area contributed by atoms with Gasteiger partial charge in [-0.3, -0.25) is 4.99 Å². The maximum absolute atomic E-state index is 11.3. The van der Waals surface area contributed by atoms with E-state index in [4.69, 9.17) is 10.5 Å². The molecule has 0 fully saturated rings. The van der Waals surface area contributed by atoms with Gasteiger partial charge in [0.15, 0.2) is 5.96 Å². The fourth-order valence-corrected chi connectivity index (χ4v) is 1.12. The van der Waals surface area contributed by atoms with Crippen LogP contribution in [0.15, 0.2) is 4.99 Å². The zero-order valence-corrected chi connectivity index (χ0v) is 12.0. The van der Waals surface area contributed by atoms with Crippen LogP contribution in [0.25, 0.3) is 0 Å². The van der Waals surface area contributed by atoms with Crippen molar-refractivity contribution in [1.29, 1.82) is 0 Å². The molecule has 0 aromatic heterocycles. The minimum absolute atomic E-state index is 0.272. The number of rotatable bonds is 5. The topological polar surface area (TPSA) is 88.7 Å². The Morgan fingerprint density at radius 3 is 2.50 bits per heavy atom. The van der Waals surface area contributed by atoms with Gasteiger partial charge in [-0.15, -0.1) is 0 Å². The Labute approximate surface area is 109 Å². The molecule has 0 atom stereocenters. The van der Waals surface area contributed by atoms with E-state index in [1.165, 1.54) is 0 Å². The Hall–Kier alpha value is -1.46. The van der Waals surface area contributed by atoms with Crippen molar-refractivity contribution >= 4 is 12.1 Å². The number of hydrogen-bond acceptors (Lipinski definition) is 3. The van der Waals surface area contributed by atoms with Gasteiger partial charge in [-0.2, -0.15) is 0 Å². The molecule has 0 saturated carbocycles. The first kappa shape index (κ1) is 16.5. The Bertz CT molecular complexity index is 282. The molecule has 0 spiro atoms. The van der Waals surface area contributed by atoms with E-state index in [-0.39, 0.29) is 6.04 Å². The molecular weight excluding hydrogens is 232 g/mol. The van der Waals surface area contributed by atoms with Crippen molar-refractivity contribution in [3.05, 3.63) is 0 Å². The van der Waals surface area contributed by atoms with Gasteiger partial charge in [-0.25, -0.2) is 4.79 Å². The fourth-order valence-electron chi connectivity index (χ4n) is 1.12. The molecule has 0 radical (unpaired) electrons. The molecule has 0 heterocycles. The summed E-state index contributed by atoms with van der Waals surface area (Å²) < 4.78 is 5.10. The van der Waals surface area contributed by atoms with Crippen LogP contribution in [-0.2, 0) is 4.74 Å². The number of alkyl carbamates (subject to hydrolysis) is 1. The fraction of sp³-hybridized carbons (Fsp3) is 0.833. The molecular formula is C12H26N4O2. The van der Waals surface area contributed by atoms with E-state index in [9.17, 15) is 4.79 Å². The SMILES string of the molecule is CC(C)NC(N)=NCCCNC(=O)OC(C)(C)C. The first-order valence-corrected chi connectivity index (χ1v) is 6.24. The largest absolute Gasteiger partial charge is 0.444 e. The van der Waals surface area contributed by atoms with Crippen LogP contribution in [0.3, 0.4) is 0 Å². The van der Waals surface area contributed by atoms with Gasteiger partial charge >= 0.3 is 6.09 Å². The van der Waals surface area contributed by atoms with Crippen molar-refractivity contribution < 1.29 is 9.53 Å². The minimum Gasteiger partial charge on any atom is -0.444 e. The summed E-state index contributed by atoms with van der Waals surface area (Å²) in [6.45, 7) is 10.6. The van der Waals surface area contributed by atoms with Gasteiger partial charge in [0.25, 0.3) is 0 Å². The number of ether oxygens (including phenoxy) is 1. The van der Waals surface area contributed by atoms with Gasteiger partial charge in [-0.1, -0.05) is 0 Å². The molecule has 0 aliphatic rings. The highest BCUT2D eigenvalue weighted by Crippen LogP contribution is 2.06. The monoisotopic (exact) mass is 258 g/mol. The van der Waals surface area contributed by atoms with E-state index in [2.05, 4.69) is 15.6 Å². The molecule has 0 aliphatic heterocycles. The van der Waals surface area contributed by atoms with Crippen molar-refractivity contribution in [1.82, 2.24) is 10.6 Å². The first-order chi connectivity index (χ1) is 8.20. The predicted octanol–water partition coefficient (Wildman–Crippen LogP) is 1.21. The summed E-state index contributed by atoms with van der Waals surface area (Å²) in [7, 11) is 0. The Morgan fingerprint density at radius 1 is 1.39 bits per heavy atom. The van der Waals surface area contributed by atoms with Gasteiger partial charge in [0.2, 0.25) is 0 Å². The third-order valence-corrected chi connectivity index (χ3v) is 1.72. The molecule has 1 amide bonds. The van der Waals surface area contributed by atoms with Gasteiger partial charge < -0.3 is 21.1 Å². The van der Waals surface area contributed by atoms with Crippen molar-refractivity contribution in [2.24, 2.45) is 10.7 Å². The van der Waals surface area contributed by atoms with E-state index in [0.29, 0.717) is 19.0 Å². The normalized spacial score (nSPS) is 12.4. The Morgan fingerprint density at radius 2 is 2.00 bits per heavy atom. The third kappa shape index (κ3) is 11.0. The molecule has 4 N–H and O–H groups in total. The molecule has 6 heteroatoms. The molecule has 18 heavy (non-hydrogen) atoms. The highest BCUT2D eigenvalue weighted by Gasteiger charge is 2.15. The number of nitrogens with zero attached hydrogens (tertiary/aromatic N) is 1. The number of amides is 1. The lowest BCUT2D eigenvalue weighted by atomic mass is 10.2. The molecule has 0 aromatic carbocycles. The van der Waals surface area contributed by atoms with Crippen LogP contribution in [-0.4, -0.2) is 36.8 Å². The number of nitrogens with one attached hydrogen (secondary N) is 2. The molecule has 0 rings (SSSR count). The number of aliphatic imine (C=N–C) groups is 1. The molecule has 6 nitrogen and oxygen atoms in total. The number of guanidine groups is 1. The van der Waals surface area contributed by atoms with Crippen molar-refractivity contribution in [3.63, 3.8) is 0 Å². The van der Waals surface area contributed by atoms with Crippen molar-refractivity contribution in [3.8, 4) is 0 Å². The van der Waals surface area contributed by atoms with E-state index in [0.717, 1.165) is 6.42 Å². The Kier molecular flexibility index (Phi) is 7.16. The number of carbonyl (C=O) groups excluding carboxylic acids is 1. The van der Waals surface area contributed by atoms with E-state index < -0.39 is 11.7 Å². The highest BCUT2D eigenvalue weighted by molar-refractivity contribution is 5.78. The number of carbonyl (C=O) groups is 1. The second-order valence-electron chi connectivity index (χ2n) is 5.35. The summed E-state index contributed by atoms with van der Waals surface area (Å²) in [5.41, 5.74) is 5.16. The summed E-state index contributed by atoms with van der Waals surface area (Å²) in [6, 6.07) is 0.272. The van der Waals surface area contributed by atoms with Crippen molar-refractivity contribution in [2.75, 3.05) is 13.1 Å². The number of nitrogens with two attached hydrogens (primary N) is 1. The predicted molar refractivity (Wildman–Crippen MR) is 73.6 cm³/mol. The highest BCUT2D eigenvalue weighted by atomic mass is 16.6. The van der Waals surface area contributed by atoms with Crippen LogP contribution in [0, 0.1) is 0 Å². The zero-order valence-electron chi connectivity index (χ0n) is 12.0. The lowest BCUT2D eigenvalue weighted by Crippen LogP contribution is -2.37. The van der Waals surface area contributed by atoms with Crippen LogP contribution in [0.5, 0.6) is 0 Å². The summed E-state index contributed by atoms with van der Waals surface area (Å²) >= 11 is 0. The van der Waals surface area contributed by atoms with Gasteiger partial charge in [0.1, 0.15) is 5.60 Å². The summed E-state index contributed by atoms with van der Waals surface area (Å²) in [5, 5.41) is 5.65. The number of hydrogen-bond donors (Lipinski definition) is 3. The van der Waals surface area contributed by atoms with E-state index in [1.807, 2.05) is 34.6 Å². The average Bonchev–Trinajstić information content (AvgIpc) is 2.12. The minimum atomic E-state index is -0.464. The molecule has 0 aromatic rings. The molecule has 0 bridgehead atoms. The second-order valence-corrected chi connectivity index (χ2v) is 5.35. The lowest BCUT2D eigenvalue weighted by molar-refractivity contribution is 0.0527. The smallest absolute Gasteiger partial charge is 0.407 e. The first-order valence-electron chi connectivity index (χ1n) is 6.24. The van der Waals surface area contributed by atoms with Gasteiger partial charge in [0, 0.05) is 19.1 Å². The summed E-state index contributed by atoms with van der Waals surface area (Å²) in [6.07, 6.45) is 0.319. The standard InChI is InChI=1S/C12H26N4O2/c1-9(2)16-10(13)14-7-6-8-15-11(17)18-12(3,4)5/h9H,6-8H2,1-5H3,(H,15,17)(H3,13,14,16).